The second-order valence-corrected chi connectivity index (χ2v) is 19.0. The van der Waals surface area contributed by atoms with E-state index in [9.17, 15) is 30.3 Å². The molecule has 9 nitrogen and oxygen atoms in total. The van der Waals surface area contributed by atoms with E-state index < -0.39 is 49.5 Å². The van der Waals surface area contributed by atoms with Gasteiger partial charge in [-0.15, -0.1) is 0 Å². The van der Waals surface area contributed by atoms with Crippen LogP contribution in [0.5, 0.6) is 0 Å². The summed E-state index contributed by atoms with van der Waals surface area (Å²) < 4.78 is 11.2. The summed E-state index contributed by atoms with van der Waals surface area (Å²) in [6.07, 6.45) is 55.6. The van der Waals surface area contributed by atoms with Crippen LogP contribution in [0.3, 0.4) is 0 Å². The number of rotatable bonds is 46. The van der Waals surface area contributed by atoms with Gasteiger partial charge in [0, 0.05) is 6.42 Å². The van der Waals surface area contributed by atoms with Crippen LogP contribution in [0.25, 0.3) is 0 Å². The van der Waals surface area contributed by atoms with Crippen molar-refractivity contribution in [3.05, 3.63) is 60.8 Å². The van der Waals surface area contributed by atoms with Crippen LogP contribution in [0.2, 0.25) is 0 Å². The molecule has 0 bridgehead atoms. The Kier molecular flexibility index (Phi) is 43.7. The van der Waals surface area contributed by atoms with E-state index in [1.165, 1.54) is 154 Å². The van der Waals surface area contributed by atoms with Gasteiger partial charge in [0.1, 0.15) is 24.4 Å². The molecular formula is C57H103NO8. The smallest absolute Gasteiger partial charge is 0.220 e. The third-order valence-corrected chi connectivity index (χ3v) is 12.8. The molecule has 384 valence electrons. The predicted octanol–water partition coefficient (Wildman–Crippen LogP) is 13.1. The number of hydrogen-bond acceptors (Lipinski definition) is 8. The fraction of sp³-hybridized carbons (Fsp3) is 0.807. The Morgan fingerprint density at radius 1 is 0.515 bits per heavy atom. The molecule has 1 aliphatic rings. The molecule has 0 spiro atoms. The number of amides is 1. The number of aliphatic hydroxyl groups is 5. The zero-order valence-corrected chi connectivity index (χ0v) is 42.4. The van der Waals surface area contributed by atoms with Crippen molar-refractivity contribution in [2.24, 2.45) is 0 Å². The Labute approximate surface area is 405 Å². The Morgan fingerprint density at radius 2 is 0.909 bits per heavy atom. The van der Waals surface area contributed by atoms with E-state index in [1.807, 2.05) is 6.08 Å². The minimum atomic E-state index is -1.58. The summed E-state index contributed by atoms with van der Waals surface area (Å²) in [5.74, 6) is -0.196. The van der Waals surface area contributed by atoms with Crippen LogP contribution < -0.4 is 5.32 Å². The third kappa shape index (κ3) is 36.0. The van der Waals surface area contributed by atoms with E-state index in [-0.39, 0.29) is 12.5 Å². The Balaban J connectivity index is 2.30. The first-order chi connectivity index (χ1) is 32.3. The third-order valence-electron chi connectivity index (χ3n) is 12.8. The molecular weight excluding hydrogens is 827 g/mol. The highest BCUT2D eigenvalue weighted by Crippen LogP contribution is 2.23. The van der Waals surface area contributed by atoms with Crippen LogP contribution in [0.1, 0.15) is 239 Å². The van der Waals surface area contributed by atoms with Crippen LogP contribution in [-0.4, -0.2) is 87.5 Å². The van der Waals surface area contributed by atoms with Crippen molar-refractivity contribution in [1.29, 1.82) is 0 Å². The van der Waals surface area contributed by atoms with Crippen LogP contribution >= 0.6 is 0 Å². The van der Waals surface area contributed by atoms with E-state index >= 15 is 0 Å². The number of allylic oxidation sites excluding steroid dienone is 9. The first kappa shape index (κ1) is 61.9. The van der Waals surface area contributed by atoms with E-state index in [4.69, 9.17) is 9.47 Å². The number of carbonyl (C=O) groups excluding carboxylic acids is 1. The fourth-order valence-corrected chi connectivity index (χ4v) is 8.40. The van der Waals surface area contributed by atoms with Crippen molar-refractivity contribution >= 4 is 5.91 Å². The summed E-state index contributed by atoms with van der Waals surface area (Å²) in [5.41, 5.74) is 0. The molecule has 7 atom stereocenters. The Bertz CT molecular complexity index is 1220. The van der Waals surface area contributed by atoms with Gasteiger partial charge in [-0.05, 0) is 77.0 Å². The molecule has 1 aliphatic heterocycles. The van der Waals surface area contributed by atoms with E-state index in [1.54, 1.807) is 6.08 Å². The highest BCUT2D eigenvalue weighted by atomic mass is 16.7. The number of carbonyl (C=O) groups is 1. The summed E-state index contributed by atoms with van der Waals surface area (Å²) >= 11 is 0. The molecule has 1 saturated heterocycles. The summed E-state index contributed by atoms with van der Waals surface area (Å²) in [5, 5.41) is 54.4. The van der Waals surface area contributed by atoms with Crippen LogP contribution in [0.4, 0.5) is 0 Å². The molecule has 6 N–H and O–H groups in total. The van der Waals surface area contributed by atoms with Gasteiger partial charge < -0.3 is 40.3 Å². The second kappa shape index (κ2) is 46.6. The zero-order chi connectivity index (χ0) is 48.0. The molecule has 0 saturated carbocycles. The van der Waals surface area contributed by atoms with Crippen molar-refractivity contribution in [2.75, 3.05) is 13.2 Å². The molecule has 0 aromatic carbocycles. The van der Waals surface area contributed by atoms with Crippen molar-refractivity contribution in [3.8, 4) is 0 Å². The molecule has 0 aromatic rings. The lowest BCUT2D eigenvalue weighted by Crippen LogP contribution is -2.60. The molecule has 66 heavy (non-hydrogen) atoms. The Morgan fingerprint density at radius 3 is 1.39 bits per heavy atom. The zero-order valence-electron chi connectivity index (χ0n) is 42.4. The van der Waals surface area contributed by atoms with Gasteiger partial charge >= 0.3 is 0 Å². The van der Waals surface area contributed by atoms with Gasteiger partial charge in [0.05, 0.1) is 25.4 Å². The van der Waals surface area contributed by atoms with E-state index in [0.717, 1.165) is 64.2 Å². The van der Waals surface area contributed by atoms with Crippen molar-refractivity contribution in [2.45, 2.75) is 281 Å². The molecule has 9 heteroatoms. The van der Waals surface area contributed by atoms with E-state index in [0.29, 0.717) is 6.42 Å². The molecule has 0 aromatic heterocycles. The fourth-order valence-electron chi connectivity index (χ4n) is 8.40. The van der Waals surface area contributed by atoms with Gasteiger partial charge in [-0.2, -0.15) is 0 Å². The maximum absolute atomic E-state index is 13.0. The van der Waals surface area contributed by atoms with Crippen LogP contribution in [0, 0.1) is 0 Å². The second-order valence-electron chi connectivity index (χ2n) is 19.0. The van der Waals surface area contributed by atoms with Crippen molar-refractivity contribution in [1.82, 2.24) is 5.32 Å². The Hall–Kier alpha value is -2.11. The molecule has 7 unspecified atom stereocenters. The SMILES string of the molecule is CCCCC/C=C\C/C=C\CCCCCCCCCCCC(=O)NC(COC1OC(CO)C(O)C(O)C1O)C(O)/C=C/CC/C=C/CC/C=C/CCCCCCCCCCCCCCCC. The van der Waals surface area contributed by atoms with Crippen LogP contribution in [-0.2, 0) is 14.3 Å². The molecule has 1 amide bonds. The predicted molar refractivity (Wildman–Crippen MR) is 276 cm³/mol. The van der Waals surface area contributed by atoms with E-state index in [2.05, 4.69) is 67.8 Å². The van der Waals surface area contributed by atoms with Gasteiger partial charge in [-0.25, -0.2) is 0 Å². The largest absolute Gasteiger partial charge is 0.394 e. The molecule has 0 aliphatic carbocycles. The minimum absolute atomic E-state index is 0.196. The average Bonchev–Trinajstić information content (AvgIpc) is 3.32. The molecule has 1 rings (SSSR count). The minimum Gasteiger partial charge on any atom is -0.394 e. The lowest BCUT2D eigenvalue weighted by Gasteiger charge is -2.40. The highest BCUT2D eigenvalue weighted by Gasteiger charge is 2.44. The van der Waals surface area contributed by atoms with Crippen LogP contribution in [0.15, 0.2) is 60.8 Å². The van der Waals surface area contributed by atoms with Gasteiger partial charge in [-0.3, -0.25) is 4.79 Å². The summed E-state index contributed by atoms with van der Waals surface area (Å²) in [6, 6.07) is -0.833. The van der Waals surface area contributed by atoms with Gasteiger partial charge in [0.2, 0.25) is 5.91 Å². The molecule has 1 heterocycles. The lowest BCUT2D eigenvalue weighted by atomic mass is 9.99. The highest BCUT2D eigenvalue weighted by molar-refractivity contribution is 5.76. The first-order valence-electron chi connectivity index (χ1n) is 27.5. The summed E-state index contributed by atoms with van der Waals surface area (Å²) in [4.78, 5) is 13.0. The summed E-state index contributed by atoms with van der Waals surface area (Å²) in [6.45, 7) is 3.74. The summed E-state index contributed by atoms with van der Waals surface area (Å²) in [7, 11) is 0. The van der Waals surface area contributed by atoms with Gasteiger partial charge in [-0.1, -0.05) is 216 Å². The molecule has 1 fully saturated rings. The monoisotopic (exact) mass is 930 g/mol. The maximum atomic E-state index is 13.0. The maximum Gasteiger partial charge on any atom is 0.220 e. The average molecular weight is 930 g/mol. The normalized spacial score (nSPS) is 20.3. The standard InChI is InChI=1S/C57H103NO8/c1-3-5-7-9-11-13-15-17-19-21-23-24-25-26-27-29-30-32-34-36-38-40-42-44-46-51(60)50(49-65-57-56(64)55(63)54(62)52(48-59)66-57)58-53(61)47-45-43-41-39-37-35-33-31-28-22-20-18-16-14-12-10-8-6-4-2/h12,14,18,20,29-30,36,38,44,46,50-52,54-57,59-60,62-64H,3-11,13,15-17,19,21-28,31-35,37,39-43,45,47-49H2,1-2H3,(H,58,61)/b14-12-,20-18-,30-29+,38-36+,46-44+. The number of nitrogens with one attached hydrogen (secondary N) is 1. The lowest BCUT2D eigenvalue weighted by molar-refractivity contribution is -0.302. The van der Waals surface area contributed by atoms with Gasteiger partial charge in [0.15, 0.2) is 6.29 Å². The number of aliphatic hydroxyl groups excluding tert-OH is 5. The number of hydrogen-bond donors (Lipinski definition) is 6. The first-order valence-corrected chi connectivity index (χ1v) is 27.5. The van der Waals surface area contributed by atoms with Crippen molar-refractivity contribution < 1.29 is 39.8 Å². The number of ether oxygens (including phenoxy) is 2. The molecule has 0 radical (unpaired) electrons. The quantitative estimate of drug-likeness (QED) is 0.0261. The number of unbranched alkanes of at least 4 members (excludes halogenated alkanes) is 28. The van der Waals surface area contributed by atoms with Crippen molar-refractivity contribution in [3.63, 3.8) is 0 Å². The van der Waals surface area contributed by atoms with Gasteiger partial charge in [0.25, 0.3) is 0 Å². The topological polar surface area (TPSA) is 149 Å².